The van der Waals surface area contributed by atoms with E-state index in [0.29, 0.717) is 40.1 Å². The summed E-state index contributed by atoms with van der Waals surface area (Å²) in [5, 5.41) is 11.0. The quantitative estimate of drug-likeness (QED) is 0.0978. The molecule has 1 saturated carbocycles. The van der Waals surface area contributed by atoms with Crippen LogP contribution in [0.1, 0.15) is 30.1 Å². The molecule has 1 aromatic heterocycles. The third-order valence-electron chi connectivity index (χ3n) is 5.73. The molecule has 1 aliphatic carbocycles. The van der Waals surface area contributed by atoms with Gasteiger partial charge >= 0.3 is 11.9 Å². The van der Waals surface area contributed by atoms with E-state index in [1.165, 1.54) is 37.4 Å². The average molecular weight is 604 g/mol. The summed E-state index contributed by atoms with van der Waals surface area (Å²) < 4.78 is 61.5. The molecule has 0 amide bonds. The number of hydrogen-bond donors (Lipinski definition) is 0. The first-order chi connectivity index (χ1) is 18.6. The number of nitrogens with zero attached hydrogens (tertiary/aromatic N) is 1. The van der Waals surface area contributed by atoms with Crippen molar-refractivity contribution in [3.8, 4) is 17.2 Å². The van der Waals surface area contributed by atoms with Crippen LogP contribution in [0, 0.1) is 16.9 Å². The Balaban J connectivity index is 1.66. The Morgan fingerprint density at radius 3 is 2.44 bits per heavy atom. The zero-order valence-electron chi connectivity index (χ0n) is 20.4. The predicted molar refractivity (Wildman–Crippen MR) is 138 cm³/mol. The van der Waals surface area contributed by atoms with Crippen LogP contribution in [0.2, 0.25) is 10.0 Å². The molecule has 208 valence electrons. The molecule has 13 heteroatoms. The van der Waals surface area contributed by atoms with E-state index in [4.69, 9.17) is 37.4 Å². The SMILES string of the molecule is COc1ccc(F)cc1SC(=O)OC(Cc1c(Cl)c[n+]([O-])cc1Cl)c1ccc(OC(F)F)c(OCC2CC2)c1. The zero-order chi connectivity index (χ0) is 28.1. The van der Waals surface area contributed by atoms with Crippen LogP contribution in [-0.2, 0) is 11.2 Å². The van der Waals surface area contributed by atoms with Crippen LogP contribution in [0.4, 0.5) is 18.0 Å². The van der Waals surface area contributed by atoms with Crippen molar-refractivity contribution in [1.82, 2.24) is 0 Å². The number of aromatic nitrogens is 1. The van der Waals surface area contributed by atoms with Crippen LogP contribution in [0.3, 0.4) is 0 Å². The molecular weight excluding hydrogens is 582 g/mol. The molecule has 0 saturated heterocycles. The van der Waals surface area contributed by atoms with Gasteiger partial charge in [0.05, 0.1) is 18.6 Å². The third-order valence-corrected chi connectivity index (χ3v) is 7.19. The highest BCUT2D eigenvalue weighted by molar-refractivity contribution is 8.13. The lowest BCUT2D eigenvalue weighted by Gasteiger charge is -2.21. The molecule has 0 bridgehead atoms. The van der Waals surface area contributed by atoms with E-state index in [9.17, 15) is 23.2 Å². The lowest BCUT2D eigenvalue weighted by atomic mass is 10.0. The average Bonchev–Trinajstić information content (AvgIpc) is 3.69. The maximum atomic E-state index is 13.8. The Bertz CT molecular complexity index is 1320. The maximum Gasteiger partial charge on any atom is 0.387 e. The third kappa shape index (κ3) is 8.00. The monoisotopic (exact) mass is 603 g/mol. The van der Waals surface area contributed by atoms with Gasteiger partial charge in [-0.1, -0.05) is 29.3 Å². The number of thioether (sulfide) groups is 1. The van der Waals surface area contributed by atoms with Crippen LogP contribution in [0.5, 0.6) is 17.2 Å². The van der Waals surface area contributed by atoms with Crippen LogP contribution >= 0.6 is 35.0 Å². The van der Waals surface area contributed by atoms with Gasteiger partial charge in [-0.25, -0.2) is 9.18 Å². The molecule has 7 nitrogen and oxygen atoms in total. The molecule has 39 heavy (non-hydrogen) atoms. The van der Waals surface area contributed by atoms with Crippen LogP contribution in [-0.4, -0.2) is 25.6 Å². The molecule has 3 aromatic rings. The number of alkyl halides is 2. The molecule has 1 unspecified atom stereocenters. The number of methoxy groups -OCH3 is 1. The number of benzene rings is 2. The second-order valence-corrected chi connectivity index (χ2v) is 10.4. The van der Waals surface area contributed by atoms with Gasteiger partial charge in [0.15, 0.2) is 23.9 Å². The topological polar surface area (TPSA) is 80.9 Å². The molecule has 1 heterocycles. The number of ether oxygens (including phenoxy) is 4. The zero-order valence-corrected chi connectivity index (χ0v) is 22.7. The van der Waals surface area contributed by atoms with E-state index in [0.717, 1.165) is 31.3 Å². The summed E-state index contributed by atoms with van der Waals surface area (Å²) >= 11 is 13.1. The van der Waals surface area contributed by atoms with Crippen molar-refractivity contribution in [2.75, 3.05) is 13.7 Å². The summed E-state index contributed by atoms with van der Waals surface area (Å²) in [7, 11) is 1.37. The Hall–Kier alpha value is -3.02. The van der Waals surface area contributed by atoms with Gasteiger partial charge in [-0.15, -0.1) is 0 Å². The van der Waals surface area contributed by atoms with Gasteiger partial charge < -0.3 is 24.2 Å². The van der Waals surface area contributed by atoms with Crippen LogP contribution in [0.25, 0.3) is 0 Å². The van der Waals surface area contributed by atoms with E-state index in [1.54, 1.807) is 0 Å². The van der Waals surface area contributed by atoms with Crippen molar-refractivity contribution < 1.29 is 41.6 Å². The van der Waals surface area contributed by atoms with E-state index < -0.39 is 23.8 Å². The van der Waals surface area contributed by atoms with E-state index in [2.05, 4.69) is 4.74 Å². The fraction of sp³-hybridized carbons (Fsp3) is 0.308. The molecular formula is C26H22Cl2F3NO6S. The fourth-order valence-corrected chi connectivity index (χ4v) is 4.99. The van der Waals surface area contributed by atoms with E-state index >= 15 is 0 Å². The predicted octanol–water partition coefficient (Wildman–Crippen LogP) is 7.38. The summed E-state index contributed by atoms with van der Waals surface area (Å²) in [6.45, 7) is -2.77. The number of carbonyl (C=O) groups is 1. The second kappa shape index (κ2) is 12.9. The van der Waals surface area contributed by atoms with Crippen molar-refractivity contribution >= 4 is 40.3 Å². The first kappa shape index (κ1) is 29.0. The minimum atomic E-state index is -3.08. The van der Waals surface area contributed by atoms with Crippen molar-refractivity contribution in [3.63, 3.8) is 0 Å². The maximum absolute atomic E-state index is 13.8. The summed E-state index contributed by atoms with van der Waals surface area (Å²) in [6, 6.07) is 7.83. The highest BCUT2D eigenvalue weighted by Crippen LogP contribution is 2.39. The van der Waals surface area contributed by atoms with Gasteiger partial charge in [-0.3, -0.25) is 0 Å². The molecule has 0 radical (unpaired) electrons. The molecule has 0 N–H and O–H groups in total. The minimum Gasteiger partial charge on any atom is -0.619 e. The van der Waals surface area contributed by atoms with Crippen molar-refractivity contribution in [3.05, 3.63) is 81.0 Å². The molecule has 1 atom stereocenters. The molecule has 2 aromatic carbocycles. The second-order valence-electron chi connectivity index (χ2n) is 8.59. The Kier molecular flexibility index (Phi) is 9.58. The van der Waals surface area contributed by atoms with Crippen molar-refractivity contribution in [2.45, 2.75) is 36.9 Å². The number of pyridine rings is 1. The standard InChI is InChI=1S/C26H22Cl2F3NO6S/c1-35-21-7-5-16(29)9-24(21)39-26(33)38-22(10-17-18(27)11-32(34)12-19(17)28)15-4-6-20(37-25(30)31)23(8-15)36-13-14-2-3-14/h4-9,11-12,14,22,25H,2-3,10,13H2,1H3. The first-order valence-corrected chi connectivity index (χ1v) is 13.2. The highest BCUT2D eigenvalue weighted by Gasteiger charge is 2.27. The minimum absolute atomic E-state index is 0.0286. The molecule has 0 spiro atoms. The van der Waals surface area contributed by atoms with Gasteiger partial charge in [0.2, 0.25) is 0 Å². The first-order valence-electron chi connectivity index (χ1n) is 11.6. The number of hydrogen-bond acceptors (Lipinski definition) is 7. The van der Waals surface area contributed by atoms with Crippen molar-refractivity contribution in [1.29, 1.82) is 0 Å². The number of halogens is 5. The van der Waals surface area contributed by atoms with Gasteiger partial charge in [-0.05, 0) is 66.4 Å². The van der Waals surface area contributed by atoms with Gasteiger partial charge in [0.1, 0.15) is 27.7 Å². The number of rotatable bonds is 11. The van der Waals surface area contributed by atoms with Crippen LogP contribution < -0.4 is 18.9 Å². The lowest BCUT2D eigenvalue weighted by molar-refractivity contribution is -0.605. The normalized spacial score (nSPS) is 13.7. The Labute approximate surface area is 236 Å². The summed E-state index contributed by atoms with van der Waals surface area (Å²) in [6.07, 6.45) is 2.98. The molecule has 1 fully saturated rings. The Morgan fingerprint density at radius 1 is 1.10 bits per heavy atom. The summed E-state index contributed by atoms with van der Waals surface area (Å²) in [5.41, 5.74) is 0.665. The van der Waals surface area contributed by atoms with Gasteiger partial charge in [0, 0.05) is 12.0 Å². The highest BCUT2D eigenvalue weighted by atomic mass is 35.5. The molecule has 1 aliphatic rings. The van der Waals surface area contributed by atoms with Gasteiger partial charge in [0.25, 0.3) is 0 Å². The van der Waals surface area contributed by atoms with E-state index in [-0.39, 0.29) is 38.6 Å². The smallest absolute Gasteiger partial charge is 0.387 e. The fourth-order valence-electron chi connectivity index (χ4n) is 3.62. The summed E-state index contributed by atoms with van der Waals surface area (Å²) in [5.74, 6) is -0.138. The Morgan fingerprint density at radius 2 is 1.79 bits per heavy atom. The summed E-state index contributed by atoms with van der Waals surface area (Å²) in [4.78, 5) is 13.2. The van der Waals surface area contributed by atoms with Gasteiger partial charge in [-0.2, -0.15) is 13.5 Å². The molecule has 0 aliphatic heterocycles. The molecule has 4 rings (SSSR count). The number of carbonyl (C=O) groups excluding carboxylic acids is 1. The van der Waals surface area contributed by atoms with E-state index in [1.807, 2.05) is 0 Å². The largest absolute Gasteiger partial charge is 0.619 e. The van der Waals surface area contributed by atoms with Crippen LogP contribution in [0.15, 0.2) is 53.7 Å². The van der Waals surface area contributed by atoms with Crippen molar-refractivity contribution in [2.24, 2.45) is 5.92 Å². The lowest BCUT2D eigenvalue weighted by Crippen LogP contribution is -2.25.